The molecule has 2 heterocycles. The van der Waals surface area contributed by atoms with Gasteiger partial charge in [-0.05, 0) is 37.1 Å². The summed E-state index contributed by atoms with van der Waals surface area (Å²) in [5.74, 6) is -9.50. The number of imide groups is 1. The van der Waals surface area contributed by atoms with Crippen molar-refractivity contribution in [2.24, 2.45) is 0 Å². The second-order valence-electron chi connectivity index (χ2n) is 9.69. The first kappa shape index (κ1) is 30.9. The first-order valence-electron chi connectivity index (χ1n) is 13.0. The van der Waals surface area contributed by atoms with Gasteiger partial charge in [0, 0.05) is 32.2 Å². The number of halogens is 2. The van der Waals surface area contributed by atoms with Crippen LogP contribution in [0.3, 0.4) is 0 Å². The standard InChI is InChI=1S/C26H26BF2N5O9/c1-3-33-7-8-34(24(38)23(33)37)26(41)32-20(19-16(28)10-14(11-17(19)29)30-12(2)35)22(36)31-18-9-13-5-4-6-15(25(39)40)21(13)43-27(18)42/h4-6,10-11,18,20,42H,3,7-9H2,1-2H3,(H,30,35)(H,31,36)(H,32,41)(H,39,40)/t18-,20?/m0/s1. The van der Waals surface area contributed by atoms with E-state index in [9.17, 15) is 38.9 Å². The number of hydrogen-bond acceptors (Lipinski definition) is 8. The molecule has 0 radical (unpaired) electrons. The molecule has 14 nitrogen and oxygen atoms in total. The van der Waals surface area contributed by atoms with Gasteiger partial charge in [0.05, 0.1) is 17.1 Å². The highest BCUT2D eigenvalue weighted by Gasteiger charge is 2.42. The molecule has 6 amide bonds. The van der Waals surface area contributed by atoms with Crippen LogP contribution < -0.4 is 20.6 Å². The van der Waals surface area contributed by atoms with Crippen molar-refractivity contribution in [1.29, 1.82) is 0 Å². The van der Waals surface area contributed by atoms with Gasteiger partial charge in [-0.3, -0.25) is 24.1 Å². The number of carbonyl (C=O) groups excluding carboxylic acids is 5. The van der Waals surface area contributed by atoms with E-state index in [2.05, 4.69) is 16.0 Å². The zero-order chi connectivity index (χ0) is 31.6. The summed E-state index contributed by atoms with van der Waals surface area (Å²) in [5.41, 5.74) is -1.19. The Kier molecular flexibility index (Phi) is 8.94. The van der Waals surface area contributed by atoms with Crippen LogP contribution in [0.5, 0.6) is 5.75 Å². The third-order valence-electron chi connectivity index (χ3n) is 6.83. The van der Waals surface area contributed by atoms with Crippen LogP contribution in [0.15, 0.2) is 30.3 Å². The number of nitrogens with one attached hydrogen (secondary N) is 3. The van der Waals surface area contributed by atoms with E-state index >= 15 is 8.78 Å². The third kappa shape index (κ3) is 6.40. The number of carboxylic acid groups (broad SMARTS) is 1. The zero-order valence-electron chi connectivity index (χ0n) is 22.8. The van der Waals surface area contributed by atoms with E-state index in [4.69, 9.17) is 4.65 Å². The van der Waals surface area contributed by atoms with Gasteiger partial charge in [-0.1, -0.05) is 12.1 Å². The highest BCUT2D eigenvalue weighted by molar-refractivity contribution is 6.47. The van der Waals surface area contributed by atoms with Gasteiger partial charge in [0.25, 0.3) is 0 Å². The predicted molar refractivity (Wildman–Crippen MR) is 144 cm³/mol. The second-order valence-corrected chi connectivity index (χ2v) is 9.69. The van der Waals surface area contributed by atoms with Crippen LogP contribution in [0, 0.1) is 11.6 Å². The molecule has 0 spiro atoms. The number of rotatable bonds is 7. The highest BCUT2D eigenvalue weighted by Crippen LogP contribution is 2.31. The largest absolute Gasteiger partial charge is 0.547 e. The van der Waals surface area contributed by atoms with Crippen molar-refractivity contribution in [3.63, 3.8) is 0 Å². The molecule has 43 heavy (non-hydrogen) atoms. The predicted octanol–water partition coefficient (Wildman–Crippen LogP) is 0.202. The molecule has 1 fully saturated rings. The lowest BCUT2D eigenvalue weighted by atomic mass is 9.72. The monoisotopic (exact) mass is 601 g/mol. The smallest absolute Gasteiger partial charge is 0.534 e. The van der Waals surface area contributed by atoms with Crippen LogP contribution in [-0.2, 0) is 25.6 Å². The maximum absolute atomic E-state index is 15.3. The number of carbonyl (C=O) groups is 6. The molecule has 0 saturated carbocycles. The molecule has 1 saturated heterocycles. The van der Waals surface area contributed by atoms with E-state index < -0.39 is 71.9 Å². The van der Waals surface area contributed by atoms with Gasteiger partial charge in [-0.25, -0.2) is 18.4 Å². The van der Waals surface area contributed by atoms with Gasteiger partial charge in [-0.2, -0.15) is 0 Å². The third-order valence-corrected chi connectivity index (χ3v) is 6.83. The number of nitrogens with zero attached hydrogens (tertiary/aromatic N) is 2. The van der Waals surface area contributed by atoms with Crippen molar-refractivity contribution >= 4 is 48.4 Å². The molecular formula is C26H26BF2N5O9. The van der Waals surface area contributed by atoms with Crippen molar-refractivity contribution in [2.45, 2.75) is 32.3 Å². The zero-order valence-corrected chi connectivity index (χ0v) is 22.8. The number of aromatic carboxylic acids is 1. The Morgan fingerprint density at radius 1 is 1.12 bits per heavy atom. The minimum Gasteiger partial charge on any atom is -0.534 e. The minimum atomic E-state index is -2.15. The van der Waals surface area contributed by atoms with E-state index in [0.717, 1.165) is 6.92 Å². The summed E-state index contributed by atoms with van der Waals surface area (Å²) in [6, 6.07) is 2.14. The molecule has 226 valence electrons. The Hall–Kier alpha value is -5.06. The van der Waals surface area contributed by atoms with Gasteiger partial charge in [0.15, 0.2) is 0 Å². The Balaban J connectivity index is 1.65. The summed E-state index contributed by atoms with van der Waals surface area (Å²) >= 11 is 0. The first-order valence-corrected chi connectivity index (χ1v) is 13.0. The number of hydrogen-bond donors (Lipinski definition) is 5. The number of amides is 6. The number of benzene rings is 2. The molecule has 2 aromatic carbocycles. The summed E-state index contributed by atoms with van der Waals surface area (Å²) in [5, 5.41) is 26.6. The van der Waals surface area contributed by atoms with E-state index in [1.807, 2.05) is 0 Å². The van der Waals surface area contributed by atoms with E-state index in [-0.39, 0.29) is 43.1 Å². The number of urea groups is 1. The van der Waals surface area contributed by atoms with Crippen LogP contribution in [0.2, 0.25) is 0 Å². The van der Waals surface area contributed by atoms with Gasteiger partial charge in [0.2, 0.25) is 11.8 Å². The molecule has 0 bridgehead atoms. The maximum Gasteiger partial charge on any atom is 0.547 e. The molecule has 4 rings (SSSR count). The Bertz CT molecular complexity index is 1500. The summed E-state index contributed by atoms with van der Waals surface area (Å²) in [6.45, 7) is 2.66. The topological polar surface area (TPSA) is 195 Å². The Morgan fingerprint density at radius 2 is 1.79 bits per heavy atom. The molecule has 5 N–H and O–H groups in total. The first-order chi connectivity index (χ1) is 20.3. The lowest BCUT2D eigenvalue weighted by Crippen LogP contribution is -2.60. The molecule has 0 aromatic heterocycles. The summed E-state index contributed by atoms with van der Waals surface area (Å²) in [6.07, 6.45) is -0.164. The second kappa shape index (κ2) is 12.4. The van der Waals surface area contributed by atoms with Crippen LogP contribution in [0.4, 0.5) is 19.3 Å². The van der Waals surface area contributed by atoms with Crippen molar-refractivity contribution in [3.05, 3.63) is 58.7 Å². The lowest BCUT2D eigenvalue weighted by molar-refractivity contribution is -0.153. The summed E-state index contributed by atoms with van der Waals surface area (Å²) in [7, 11) is -1.80. The van der Waals surface area contributed by atoms with E-state index in [1.54, 1.807) is 6.92 Å². The molecule has 2 aliphatic rings. The maximum atomic E-state index is 15.3. The summed E-state index contributed by atoms with van der Waals surface area (Å²) < 4.78 is 35.9. The van der Waals surface area contributed by atoms with Gasteiger partial charge in [-0.15, -0.1) is 0 Å². The number of likely N-dealkylation sites (N-methyl/N-ethyl adjacent to an activating group) is 1. The molecule has 1 unspecified atom stereocenters. The molecule has 2 aromatic rings. The Morgan fingerprint density at radius 3 is 2.40 bits per heavy atom. The SMILES string of the molecule is CCN1CCN(C(=O)NC(C(=O)N[C@H]2Cc3cccc(C(=O)O)c3OB2O)c2c(F)cc(NC(C)=O)cc2F)C(=O)C1=O. The van der Waals surface area contributed by atoms with Gasteiger partial charge in [0.1, 0.15) is 23.4 Å². The van der Waals surface area contributed by atoms with Crippen LogP contribution >= 0.6 is 0 Å². The van der Waals surface area contributed by atoms with Crippen molar-refractivity contribution in [1.82, 2.24) is 20.4 Å². The van der Waals surface area contributed by atoms with Crippen molar-refractivity contribution < 1.29 is 52.3 Å². The number of fused-ring (bicyclic) bond motifs is 1. The number of para-hydroxylation sites is 1. The quantitative estimate of drug-likeness (QED) is 0.218. The van der Waals surface area contributed by atoms with Gasteiger partial charge >= 0.3 is 30.9 Å². The van der Waals surface area contributed by atoms with Crippen LogP contribution in [-0.4, -0.2) is 88.3 Å². The highest BCUT2D eigenvalue weighted by atomic mass is 19.1. The fourth-order valence-electron chi connectivity index (χ4n) is 4.76. The molecule has 17 heteroatoms. The van der Waals surface area contributed by atoms with Crippen LogP contribution in [0.25, 0.3) is 0 Å². The fourth-order valence-corrected chi connectivity index (χ4v) is 4.76. The number of piperazine rings is 1. The molecule has 0 aliphatic carbocycles. The Labute approximate surface area is 243 Å². The molecule has 2 aliphatic heterocycles. The summed E-state index contributed by atoms with van der Waals surface area (Å²) in [4.78, 5) is 76.0. The number of anilines is 1. The average Bonchev–Trinajstić information content (AvgIpc) is 2.93. The number of carboxylic acids is 1. The van der Waals surface area contributed by atoms with Gasteiger partial charge < -0.3 is 35.6 Å². The van der Waals surface area contributed by atoms with E-state index in [0.29, 0.717) is 22.6 Å². The average molecular weight is 601 g/mol. The van der Waals surface area contributed by atoms with Crippen LogP contribution in [0.1, 0.15) is 41.4 Å². The lowest BCUT2D eigenvalue weighted by Gasteiger charge is -2.33. The minimum absolute atomic E-state index is 0.0111. The molecule has 2 atom stereocenters. The fraction of sp³-hybridized carbons (Fsp3) is 0.308. The molecular weight excluding hydrogens is 575 g/mol. The van der Waals surface area contributed by atoms with Crippen molar-refractivity contribution in [3.8, 4) is 5.75 Å². The van der Waals surface area contributed by atoms with Crippen molar-refractivity contribution in [2.75, 3.05) is 25.0 Å². The normalized spacial score (nSPS) is 17.0. The van der Waals surface area contributed by atoms with E-state index in [1.165, 1.54) is 23.1 Å².